The second kappa shape index (κ2) is 11.0. The van der Waals surface area contributed by atoms with E-state index in [1.807, 2.05) is 18.2 Å². The van der Waals surface area contributed by atoms with Gasteiger partial charge < -0.3 is 15.4 Å². The molecule has 0 aliphatic heterocycles. The van der Waals surface area contributed by atoms with Crippen LogP contribution < -0.4 is 10.6 Å². The standard InChI is InChI=1S/C19H24FN3O.HI/c1-14(15-7-5-4-6-8-15)23-19(21-2)22-13-18(24-3)16-9-11-17(20)12-10-16;/h4-12,14,18H,13H2,1-3H3,(H2,21,22,23);1H. The molecular formula is C19H25FIN3O. The SMILES string of the molecule is CN=C(NCC(OC)c1ccc(F)cc1)NC(C)c1ccccc1.I. The van der Waals surface area contributed by atoms with Crippen molar-refractivity contribution in [1.82, 2.24) is 10.6 Å². The van der Waals surface area contributed by atoms with Gasteiger partial charge in [0.1, 0.15) is 5.82 Å². The molecule has 0 aliphatic rings. The maximum atomic E-state index is 13.0. The minimum absolute atomic E-state index is 0. The molecular weight excluding hydrogens is 432 g/mol. The number of ether oxygens (including phenoxy) is 1. The molecule has 0 saturated heterocycles. The first kappa shape index (κ1) is 21.4. The average Bonchev–Trinajstić information content (AvgIpc) is 2.63. The van der Waals surface area contributed by atoms with Gasteiger partial charge in [0.15, 0.2) is 5.96 Å². The molecule has 0 heterocycles. The summed E-state index contributed by atoms with van der Waals surface area (Å²) >= 11 is 0. The van der Waals surface area contributed by atoms with Crippen molar-refractivity contribution >= 4 is 29.9 Å². The Kier molecular flexibility index (Phi) is 9.44. The van der Waals surface area contributed by atoms with Crippen LogP contribution in [0.5, 0.6) is 0 Å². The molecule has 4 nitrogen and oxygen atoms in total. The van der Waals surface area contributed by atoms with Crippen LogP contribution in [-0.4, -0.2) is 26.7 Å². The fourth-order valence-corrected chi connectivity index (χ4v) is 2.43. The molecule has 2 atom stereocenters. The van der Waals surface area contributed by atoms with Gasteiger partial charge >= 0.3 is 0 Å². The van der Waals surface area contributed by atoms with Crippen molar-refractivity contribution in [3.05, 3.63) is 71.5 Å². The van der Waals surface area contributed by atoms with Crippen molar-refractivity contribution in [2.24, 2.45) is 4.99 Å². The third-order valence-electron chi connectivity index (χ3n) is 3.86. The number of hydrogen-bond acceptors (Lipinski definition) is 2. The Labute approximate surface area is 165 Å². The molecule has 0 aliphatic carbocycles. The predicted octanol–water partition coefficient (Wildman–Crippen LogP) is 4.06. The number of hydrogen-bond donors (Lipinski definition) is 2. The van der Waals surface area contributed by atoms with E-state index in [2.05, 4.69) is 34.7 Å². The Bertz CT molecular complexity index is 649. The largest absolute Gasteiger partial charge is 0.375 e. The summed E-state index contributed by atoms with van der Waals surface area (Å²) in [7, 11) is 3.37. The highest BCUT2D eigenvalue weighted by molar-refractivity contribution is 14.0. The molecule has 2 N–H and O–H groups in total. The molecule has 0 amide bonds. The number of halogens is 2. The van der Waals surface area contributed by atoms with Gasteiger partial charge in [-0.3, -0.25) is 4.99 Å². The number of rotatable bonds is 6. The first-order valence-electron chi connectivity index (χ1n) is 7.94. The lowest BCUT2D eigenvalue weighted by molar-refractivity contribution is 0.106. The van der Waals surface area contributed by atoms with Gasteiger partial charge in [0.05, 0.1) is 12.1 Å². The molecule has 136 valence electrons. The molecule has 6 heteroatoms. The van der Waals surface area contributed by atoms with Crippen molar-refractivity contribution in [3.63, 3.8) is 0 Å². The molecule has 0 aromatic heterocycles. The fourth-order valence-electron chi connectivity index (χ4n) is 2.43. The van der Waals surface area contributed by atoms with Crippen LogP contribution in [0.2, 0.25) is 0 Å². The van der Waals surface area contributed by atoms with Gasteiger partial charge in [-0.25, -0.2) is 4.39 Å². The zero-order chi connectivity index (χ0) is 17.4. The Morgan fingerprint density at radius 1 is 1.08 bits per heavy atom. The molecule has 2 unspecified atom stereocenters. The first-order valence-corrected chi connectivity index (χ1v) is 7.94. The minimum Gasteiger partial charge on any atom is -0.375 e. The summed E-state index contributed by atoms with van der Waals surface area (Å²) in [4.78, 5) is 4.25. The molecule has 0 bridgehead atoms. The van der Waals surface area contributed by atoms with Gasteiger partial charge in [0.2, 0.25) is 0 Å². The van der Waals surface area contributed by atoms with E-state index >= 15 is 0 Å². The smallest absolute Gasteiger partial charge is 0.191 e. The van der Waals surface area contributed by atoms with Crippen molar-refractivity contribution in [3.8, 4) is 0 Å². The average molecular weight is 457 g/mol. The topological polar surface area (TPSA) is 45.7 Å². The van der Waals surface area contributed by atoms with E-state index in [4.69, 9.17) is 4.74 Å². The van der Waals surface area contributed by atoms with Crippen molar-refractivity contribution in [2.45, 2.75) is 19.1 Å². The van der Waals surface area contributed by atoms with Gasteiger partial charge in [0.25, 0.3) is 0 Å². The maximum absolute atomic E-state index is 13.0. The van der Waals surface area contributed by atoms with Crippen molar-refractivity contribution in [2.75, 3.05) is 20.7 Å². The highest BCUT2D eigenvalue weighted by atomic mass is 127. The summed E-state index contributed by atoms with van der Waals surface area (Å²) in [6.07, 6.45) is -0.184. The molecule has 0 spiro atoms. The zero-order valence-electron chi connectivity index (χ0n) is 14.7. The molecule has 2 rings (SSSR count). The van der Waals surface area contributed by atoms with Crippen LogP contribution in [-0.2, 0) is 4.74 Å². The Morgan fingerprint density at radius 3 is 2.28 bits per heavy atom. The van der Waals surface area contributed by atoms with Gasteiger partial charge in [-0.05, 0) is 30.2 Å². The second-order valence-electron chi connectivity index (χ2n) is 5.51. The lowest BCUT2D eigenvalue weighted by atomic mass is 10.1. The normalized spacial score (nSPS) is 13.5. The van der Waals surface area contributed by atoms with E-state index < -0.39 is 0 Å². The summed E-state index contributed by atoms with van der Waals surface area (Å²) in [6, 6.07) is 16.6. The zero-order valence-corrected chi connectivity index (χ0v) is 17.0. The first-order chi connectivity index (χ1) is 11.6. The van der Waals surface area contributed by atoms with E-state index in [1.165, 1.54) is 17.7 Å². The van der Waals surface area contributed by atoms with Crippen molar-refractivity contribution < 1.29 is 9.13 Å². The van der Waals surface area contributed by atoms with Crippen LogP contribution >= 0.6 is 24.0 Å². The summed E-state index contributed by atoms with van der Waals surface area (Å²) in [5.41, 5.74) is 2.10. The number of nitrogens with one attached hydrogen (secondary N) is 2. The van der Waals surface area contributed by atoms with Gasteiger partial charge in [-0.1, -0.05) is 42.5 Å². The molecule has 25 heavy (non-hydrogen) atoms. The van der Waals surface area contributed by atoms with E-state index in [0.29, 0.717) is 12.5 Å². The van der Waals surface area contributed by atoms with E-state index in [1.54, 1.807) is 26.3 Å². The van der Waals surface area contributed by atoms with E-state index in [9.17, 15) is 4.39 Å². The van der Waals surface area contributed by atoms with Crippen LogP contribution in [0.3, 0.4) is 0 Å². The minimum atomic E-state index is -0.254. The number of aliphatic imine (C=N–C) groups is 1. The number of benzene rings is 2. The summed E-state index contributed by atoms with van der Waals surface area (Å²) in [6.45, 7) is 2.61. The fraction of sp³-hybridized carbons (Fsp3) is 0.316. The lowest BCUT2D eigenvalue weighted by Gasteiger charge is -2.21. The van der Waals surface area contributed by atoms with Gasteiger partial charge in [-0.2, -0.15) is 0 Å². The lowest BCUT2D eigenvalue weighted by Crippen LogP contribution is -2.40. The monoisotopic (exact) mass is 457 g/mol. The Hall–Kier alpha value is -1.67. The van der Waals surface area contributed by atoms with E-state index in [-0.39, 0.29) is 41.9 Å². The third-order valence-corrected chi connectivity index (χ3v) is 3.86. The second-order valence-corrected chi connectivity index (χ2v) is 5.51. The maximum Gasteiger partial charge on any atom is 0.191 e. The summed E-state index contributed by atoms with van der Waals surface area (Å²) < 4.78 is 18.5. The molecule has 2 aromatic rings. The quantitative estimate of drug-likeness (QED) is 0.391. The van der Waals surface area contributed by atoms with Crippen molar-refractivity contribution in [1.29, 1.82) is 0 Å². The molecule has 0 saturated carbocycles. The van der Waals surface area contributed by atoms with Crippen LogP contribution in [0.1, 0.15) is 30.2 Å². The van der Waals surface area contributed by atoms with Gasteiger partial charge in [0, 0.05) is 20.7 Å². The van der Waals surface area contributed by atoms with Crippen LogP contribution in [0, 0.1) is 5.82 Å². The Morgan fingerprint density at radius 2 is 1.72 bits per heavy atom. The highest BCUT2D eigenvalue weighted by Crippen LogP contribution is 2.16. The van der Waals surface area contributed by atoms with Crippen LogP contribution in [0.4, 0.5) is 4.39 Å². The summed E-state index contributed by atoms with van der Waals surface area (Å²) in [5.74, 6) is 0.436. The summed E-state index contributed by atoms with van der Waals surface area (Å²) in [5, 5.41) is 6.60. The molecule has 0 radical (unpaired) electrons. The number of guanidine groups is 1. The van der Waals surface area contributed by atoms with Crippen LogP contribution in [0.25, 0.3) is 0 Å². The predicted molar refractivity (Wildman–Crippen MR) is 111 cm³/mol. The Balaban J connectivity index is 0.00000312. The van der Waals surface area contributed by atoms with Gasteiger partial charge in [-0.15, -0.1) is 24.0 Å². The van der Waals surface area contributed by atoms with E-state index in [0.717, 1.165) is 5.56 Å². The molecule has 0 fully saturated rings. The number of methoxy groups -OCH3 is 1. The third kappa shape index (κ3) is 6.62. The number of nitrogens with zero attached hydrogens (tertiary/aromatic N) is 1. The molecule has 2 aromatic carbocycles. The highest BCUT2D eigenvalue weighted by Gasteiger charge is 2.13. The van der Waals surface area contributed by atoms with Crippen LogP contribution in [0.15, 0.2) is 59.6 Å².